The van der Waals surface area contributed by atoms with E-state index in [0.717, 1.165) is 30.6 Å². The van der Waals surface area contributed by atoms with Crippen molar-refractivity contribution in [3.05, 3.63) is 35.4 Å². The minimum atomic E-state index is 0. The molecular formula is C15H23ClN2O2. The van der Waals surface area contributed by atoms with Crippen molar-refractivity contribution in [3.63, 3.8) is 0 Å². The average Bonchev–Trinajstić information content (AvgIpc) is 2.42. The summed E-state index contributed by atoms with van der Waals surface area (Å²) >= 11 is 0. The van der Waals surface area contributed by atoms with E-state index in [1.807, 2.05) is 31.2 Å². The Morgan fingerprint density at radius 3 is 2.90 bits per heavy atom. The Morgan fingerprint density at radius 2 is 2.20 bits per heavy atom. The standard InChI is InChI=1S/C15H22N2O2.ClH/c1-11-5-3-4-6-12(11)9-15(18)17-13-10-16-8-7-14(13)19-2;/h3-6,13-14,16H,7-10H2,1-2H3,(H,17,18);1H/t13-,14+;/m0./s1. The van der Waals surface area contributed by atoms with Crippen molar-refractivity contribution in [1.82, 2.24) is 10.6 Å². The predicted octanol–water partition coefficient (Wildman–Crippen LogP) is 1.45. The highest BCUT2D eigenvalue weighted by Gasteiger charge is 2.26. The molecule has 0 saturated carbocycles. The van der Waals surface area contributed by atoms with Crippen LogP contribution < -0.4 is 10.6 Å². The number of halogens is 1. The largest absolute Gasteiger partial charge is 0.379 e. The second kappa shape index (κ2) is 8.25. The number of piperidine rings is 1. The Bertz CT molecular complexity index is 440. The molecule has 0 unspecified atom stereocenters. The van der Waals surface area contributed by atoms with Crippen LogP contribution in [0.3, 0.4) is 0 Å². The number of hydrogen-bond acceptors (Lipinski definition) is 3. The van der Waals surface area contributed by atoms with Crippen LogP contribution in [-0.2, 0) is 16.0 Å². The number of amides is 1. The van der Waals surface area contributed by atoms with E-state index in [9.17, 15) is 4.79 Å². The molecule has 1 aliphatic heterocycles. The first-order valence-corrected chi connectivity index (χ1v) is 6.78. The van der Waals surface area contributed by atoms with Gasteiger partial charge in [-0.2, -0.15) is 0 Å². The molecule has 1 amide bonds. The van der Waals surface area contributed by atoms with Crippen molar-refractivity contribution in [2.75, 3.05) is 20.2 Å². The Kier molecular flexibility index (Phi) is 6.99. The monoisotopic (exact) mass is 298 g/mol. The number of hydrogen-bond donors (Lipinski definition) is 2. The van der Waals surface area contributed by atoms with Crippen molar-refractivity contribution in [3.8, 4) is 0 Å². The van der Waals surface area contributed by atoms with E-state index < -0.39 is 0 Å². The lowest BCUT2D eigenvalue weighted by Crippen LogP contribution is -2.54. The SMILES string of the molecule is CO[C@@H]1CCNC[C@@H]1NC(=O)Cc1ccccc1C.Cl. The van der Waals surface area contributed by atoms with Crippen LogP contribution in [0.4, 0.5) is 0 Å². The zero-order chi connectivity index (χ0) is 13.7. The van der Waals surface area contributed by atoms with Gasteiger partial charge in [-0.1, -0.05) is 24.3 Å². The second-order valence-corrected chi connectivity index (χ2v) is 5.04. The number of nitrogens with one attached hydrogen (secondary N) is 2. The fourth-order valence-corrected chi connectivity index (χ4v) is 2.50. The van der Waals surface area contributed by atoms with Gasteiger partial charge in [0.25, 0.3) is 0 Å². The van der Waals surface area contributed by atoms with Gasteiger partial charge in [0.1, 0.15) is 0 Å². The number of rotatable bonds is 4. The van der Waals surface area contributed by atoms with Crippen LogP contribution in [0.2, 0.25) is 0 Å². The van der Waals surface area contributed by atoms with E-state index in [1.165, 1.54) is 0 Å². The normalized spacial score (nSPS) is 21.9. The molecule has 0 spiro atoms. The summed E-state index contributed by atoms with van der Waals surface area (Å²) < 4.78 is 5.42. The van der Waals surface area contributed by atoms with Gasteiger partial charge in [0.05, 0.1) is 18.6 Å². The maximum absolute atomic E-state index is 12.1. The third kappa shape index (κ3) is 4.47. The molecule has 0 aliphatic carbocycles. The lowest BCUT2D eigenvalue weighted by molar-refractivity contribution is -0.122. The smallest absolute Gasteiger partial charge is 0.224 e. The summed E-state index contributed by atoms with van der Waals surface area (Å²) in [6.07, 6.45) is 1.48. The van der Waals surface area contributed by atoms with Gasteiger partial charge in [-0.3, -0.25) is 4.79 Å². The van der Waals surface area contributed by atoms with E-state index in [0.29, 0.717) is 6.42 Å². The van der Waals surface area contributed by atoms with Crippen LogP contribution in [0, 0.1) is 6.92 Å². The summed E-state index contributed by atoms with van der Waals surface area (Å²) in [7, 11) is 1.70. The summed E-state index contributed by atoms with van der Waals surface area (Å²) in [6, 6.07) is 8.05. The van der Waals surface area contributed by atoms with Crippen molar-refractivity contribution in [2.24, 2.45) is 0 Å². The van der Waals surface area contributed by atoms with Crippen LogP contribution in [0.1, 0.15) is 17.5 Å². The molecule has 5 heteroatoms. The van der Waals surface area contributed by atoms with Crippen LogP contribution >= 0.6 is 12.4 Å². The molecule has 20 heavy (non-hydrogen) atoms. The quantitative estimate of drug-likeness (QED) is 0.885. The van der Waals surface area contributed by atoms with Crippen molar-refractivity contribution in [1.29, 1.82) is 0 Å². The average molecular weight is 299 g/mol. The van der Waals surface area contributed by atoms with Gasteiger partial charge >= 0.3 is 0 Å². The third-order valence-corrected chi connectivity index (χ3v) is 3.68. The number of carbonyl (C=O) groups is 1. The lowest BCUT2D eigenvalue weighted by Gasteiger charge is -2.31. The lowest BCUT2D eigenvalue weighted by atomic mass is 10.0. The van der Waals surface area contributed by atoms with Gasteiger partial charge in [0.2, 0.25) is 5.91 Å². The third-order valence-electron chi connectivity index (χ3n) is 3.68. The molecule has 0 radical (unpaired) electrons. The van der Waals surface area contributed by atoms with Gasteiger partial charge in [0, 0.05) is 13.7 Å². The maximum atomic E-state index is 12.1. The minimum Gasteiger partial charge on any atom is -0.379 e. The second-order valence-electron chi connectivity index (χ2n) is 5.04. The zero-order valence-corrected chi connectivity index (χ0v) is 12.8. The minimum absolute atomic E-state index is 0. The summed E-state index contributed by atoms with van der Waals surface area (Å²) in [6.45, 7) is 3.75. The first-order valence-electron chi connectivity index (χ1n) is 6.78. The number of aryl methyl sites for hydroxylation is 1. The maximum Gasteiger partial charge on any atom is 0.224 e. The highest BCUT2D eigenvalue weighted by atomic mass is 35.5. The number of ether oxygens (including phenoxy) is 1. The van der Waals surface area contributed by atoms with Crippen LogP contribution in [0.15, 0.2) is 24.3 Å². The molecule has 2 atom stereocenters. The first kappa shape index (κ1) is 17.0. The summed E-state index contributed by atoms with van der Waals surface area (Å²) in [5, 5.41) is 6.35. The van der Waals surface area contributed by atoms with E-state index in [2.05, 4.69) is 10.6 Å². The van der Waals surface area contributed by atoms with Crippen molar-refractivity contribution in [2.45, 2.75) is 31.9 Å². The van der Waals surface area contributed by atoms with Gasteiger partial charge in [-0.15, -0.1) is 12.4 Å². The number of carbonyl (C=O) groups excluding carboxylic acids is 1. The van der Waals surface area contributed by atoms with Gasteiger partial charge in [-0.05, 0) is 31.0 Å². The molecule has 1 heterocycles. The topological polar surface area (TPSA) is 50.4 Å². The molecule has 1 aliphatic rings. The van der Waals surface area contributed by atoms with E-state index in [1.54, 1.807) is 7.11 Å². The van der Waals surface area contributed by atoms with E-state index >= 15 is 0 Å². The van der Waals surface area contributed by atoms with Gasteiger partial charge < -0.3 is 15.4 Å². The van der Waals surface area contributed by atoms with Crippen LogP contribution in [-0.4, -0.2) is 38.3 Å². The molecule has 4 nitrogen and oxygen atoms in total. The predicted molar refractivity (Wildman–Crippen MR) is 82.3 cm³/mol. The Morgan fingerprint density at radius 1 is 1.45 bits per heavy atom. The molecule has 112 valence electrons. The van der Waals surface area contributed by atoms with E-state index in [-0.39, 0.29) is 30.5 Å². The van der Waals surface area contributed by atoms with E-state index in [4.69, 9.17) is 4.74 Å². The molecule has 2 N–H and O–H groups in total. The molecule has 0 aromatic heterocycles. The summed E-state index contributed by atoms with van der Waals surface area (Å²) in [5.74, 6) is 0.0602. The first-order chi connectivity index (χ1) is 9.20. The molecular weight excluding hydrogens is 276 g/mol. The number of benzene rings is 1. The number of methoxy groups -OCH3 is 1. The molecule has 2 rings (SSSR count). The van der Waals surface area contributed by atoms with Gasteiger partial charge in [-0.25, -0.2) is 0 Å². The Hall–Kier alpha value is -1.10. The van der Waals surface area contributed by atoms with Crippen LogP contribution in [0.25, 0.3) is 0 Å². The fraction of sp³-hybridized carbons (Fsp3) is 0.533. The molecule has 0 bridgehead atoms. The summed E-state index contributed by atoms with van der Waals surface area (Å²) in [4.78, 5) is 12.1. The highest BCUT2D eigenvalue weighted by Crippen LogP contribution is 2.10. The van der Waals surface area contributed by atoms with Crippen molar-refractivity contribution < 1.29 is 9.53 Å². The van der Waals surface area contributed by atoms with Gasteiger partial charge in [0.15, 0.2) is 0 Å². The molecule has 1 saturated heterocycles. The fourth-order valence-electron chi connectivity index (χ4n) is 2.50. The molecule has 1 fully saturated rings. The zero-order valence-electron chi connectivity index (χ0n) is 12.0. The van der Waals surface area contributed by atoms with Crippen LogP contribution in [0.5, 0.6) is 0 Å². The van der Waals surface area contributed by atoms with Crippen molar-refractivity contribution >= 4 is 18.3 Å². The Balaban J connectivity index is 0.00000200. The summed E-state index contributed by atoms with van der Waals surface area (Å²) in [5.41, 5.74) is 2.24. The molecule has 1 aromatic carbocycles. The Labute approximate surface area is 126 Å². The highest BCUT2D eigenvalue weighted by molar-refractivity contribution is 5.85. The molecule has 1 aromatic rings.